The van der Waals surface area contributed by atoms with Crippen LogP contribution in [0.1, 0.15) is 31.9 Å². The summed E-state index contributed by atoms with van der Waals surface area (Å²) in [7, 11) is -1.32. The minimum atomic E-state index is -4.24. The molecule has 0 aromatic heterocycles. The molecule has 3 aromatic rings. The third-order valence-electron chi connectivity index (χ3n) is 6.48. The highest BCUT2D eigenvalue weighted by Gasteiger charge is 2.34. The van der Waals surface area contributed by atoms with E-state index in [1.807, 2.05) is 45.0 Å². The lowest BCUT2D eigenvalue weighted by atomic mass is 10.1. The number of carbonyl (C=O) groups is 2. The van der Waals surface area contributed by atoms with Crippen molar-refractivity contribution in [3.63, 3.8) is 0 Å². The Labute approximate surface area is 236 Å². The molecular weight excluding hydrogens is 530 g/mol. The predicted molar refractivity (Wildman–Crippen MR) is 155 cm³/mol. The number of ether oxygens (including phenoxy) is 2. The number of sulfonamides is 1. The number of benzene rings is 3. The van der Waals surface area contributed by atoms with Gasteiger partial charge in [0.1, 0.15) is 24.1 Å². The van der Waals surface area contributed by atoms with E-state index in [2.05, 4.69) is 5.32 Å². The second kappa shape index (κ2) is 13.3. The van der Waals surface area contributed by atoms with Crippen molar-refractivity contribution in [1.29, 1.82) is 0 Å². The molecule has 214 valence electrons. The lowest BCUT2D eigenvalue weighted by Gasteiger charge is -2.33. The number of nitrogens with zero attached hydrogens (tertiary/aromatic N) is 2. The maximum absolute atomic E-state index is 14.0. The molecule has 9 nitrogen and oxygen atoms in total. The molecule has 40 heavy (non-hydrogen) atoms. The SMILES string of the molecule is COc1ccc(S(=O)(=O)N(CC(=O)N(Cc2ccccc2C)[C@@H](C)C(=O)NC(C)C)c2ccccc2OC)cc1. The van der Waals surface area contributed by atoms with Crippen molar-refractivity contribution in [3.05, 3.63) is 83.9 Å². The fraction of sp³-hybridized carbons (Fsp3) is 0.333. The fourth-order valence-electron chi connectivity index (χ4n) is 4.18. The van der Waals surface area contributed by atoms with Crippen molar-refractivity contribution >= 4 is 27.5 Å². The molecule has 0 saturated carbocycles. The van der Waals surface area contributed by atoms with Gasteiger partial charge < -0.3 is 19.7 Å². The quantitative estimate of drug-likeness (QED) is 0.353. The zero-order chi connectivity index (χ0) is 29.4. The van der Waals surface area contributed by atoms with Crippen LogP contribution in [0.3, 0.4) is 0 Å². The number of hydrogen-bond acceptors (Lipinski definition) is 6. The highest BCUT2D eigenvalue weighted by atomic mass is 32.2. The van der Waals surface area contributed by atoms with Crippen molar-refractivity contribution in [2.24, 2.45) is 0 Å². The first-order chi connectivity index (χ1) is 19.0. The Bertz CT molecular complexity index is 1420. The van der Waals surface area contributed by atoms with E-state index in [9.17, 15) is 18.0 Å². The summed E-state index contributed by atoms with van der Waals surface area (Å²) >= 11 is 0. The lowest BCUT2D eigenvalue weighted by molar-refractivity contribution is -0.139. The third-order valence-corrected chi connectivity index (χ3v) is 8.25. The van der Waals surface area contributed by atoms with Gasteiger partial charge in [0.2, 0.25) is 11.8 Å². The Morgan fingerprint density at radius 1 is 0.875 bits per heavy atom. The highest BCUT2D eigenvalue weighted by Crippen LogP contribution is 2.33. The van der Waals surface area contributed by atoms with Gasteiger partial charge in [-0.3, -0.25) is 13.9 Å². The van der Waals surface area contributed by atoms with Gasteiger partial charge in [0.25, 0.3) is 10.0 Å². The number of hydrogen-bond donors (Lipinski definition) is 1. The molecular formula is C30H37N3O6S. The summed E-state index contributed by atoms with van der Waals surface area (Å²) < 4.78 is 39.7. The number of amides is 2. The molecule has 0 spiro atoms. The molecule has 1 N–H and O–H groups in total. The van der Waals surface area contributed by atoms with Gasteiger partial charge >= 0.3 is 0 Å². The van der Waals surface area contributed by atoms with E-state index in [1.165, 1.54) is 43.4 Å². The van der Waals surface area contributed by atoms with Crippen LogP contribution in [0, 0.1) is 6.92 Å². The van der Waals surface area contributed by atoms with Crippen LogP contribution in [0.15, 0.2) is 77.7 Å². The number of anilines is 1. The van der Waals surface area contributed by atoms with Crippen LogP contribution >= 0.6 is 0 Å². The second-order valence-electron chi connectivity index (χ2n) is 9.65. The molecule has 0 fully saturated rings. The highest BCUT2D eigenvalue weighted by molar-refractivity contribution is 7.92. The van der Waals surface area contributed by atoms with Crippen molar-refractivity contribution in [3.8, 4) is 11.5 Å². The van der Waals surface area contributed by atoms with E-state index in [0.29, 0.717) is 5.75 Å². The molecule has 0 bridgehead atoms. The zero-order valence-electron chi connectivity index (χ0n) is 23.7. The summed E-state index contributed by atoms with van der Waals surface area (Å²) in [6.07, 6.45) is 0. The summed E-state index contributed by atoms with van der Waals surface area (Å²) in [5.41, 5.74) is 2.00. The van der Waals surface area contributed by atoms with Gasteiger partial charge in [-0.2, -0.15) is 0 Å². The first kappa shape index (κ1) is 30.5. The van der Waals surface area contributed by atoms with Crippen molar-refractivity contribution < 1.29 is 27.5 Å². The smallest absolute Gasteiger partial charge is 0.264 e. The number of carbonyl (C=O) groups excluding carboxylic acids is 2. The molecule has 3 rings (SSSR count). The number of methoxy groups -OCH3 is 2. The molecule has 1 atom stereocenters. The normalized spacial score (nSPS) is 12.0. The van der Waals surface area contributed by atoms with Gasteiger partial charge in [-0.05, 0) is 75.2 Å². The number of para-hydroxylation sites is 2. The average Bonchev–Trinajstić information content (AvgIpc) is 2.94. The largest absolute Gasteiger partial charge is 0.497 e. The molecule has 0 aliphatic heterocycles. The monoisotopic (exact) mass is 567 g/mol. The van der Waals surface area contributed by atoms with E-state index in [0.717, 1.165) is 15.4 Å². The first-order valence-corrected chi connectivity index (χ1v) is 14.4. The molecule has 0 aliphatic rings. The molecule has 2 amide bonds. The first-order valence-electron chi connectivity index (χ1n) is 12.9. The van der Waals surface area contributed by atoms with Crippen LogP contribution in [0.5, 0.6) is 11.5 Å². The van der Waals surface area contributed by atoms with Crippen molar-refractivity contribution in [2.45, 2.75) is 51.2 Å². The molecule has 0 aliphatic carbocycles. The van der Waals surface area contributed by atoms with E-state index in [4.69, 9.17) is 9.47 Å². The van der Waals surface area contributed by atoms with Crippen molar-refractivity contribution in [2.75, 3.05) is 25.1 Å². The van der Waals surface area contributed by atoms with Crippen LogP contribution < -0.4 is 19.1 Å². The van der Waals surface area contributed by atoms with Gasteiger partial charge in [0.15, 0.2) is 0 Å². The van der Waals surface area contributed by atoms with Gasteiger partial charge in [0.05, 0.1) is 24.8 Å². The number of aryl methyl sites for hydroxylation is 1. The Morgan fingerprint density at radius 2 is 1.50 bits per heavy atom. The molecule has 0 saturated heterocycles. The predicted octanol–water partition coefficient (Wildman–Crippen LogP) is 4.15. The van der Waals surface area contributed by atoms with Crippen LogP contribution in [0.25, 0.3) is 0 Å². The summed E-state index contributed by atoms with van der Waals surface area (Å²) in [5.74, 6) is -0.104. The van der Waals surface area contributed by atoms with Crippen LogP contribution in [0.4, 0.5) is 5.69 Å². The number of nitrogens with one attached hydrogen (secondary N) is 1. The molecule has 0 unspecified atom stereocenters. The molecule has 0 heterocycles. The maximum atomic E-state index is 14.0. The van der Waals surface area contributed by atoms with E-state index in [-0.39, 0.29) is 34.8 Å². The average molecular weight is 568 g/mol. The standard InChI is InChI=1S/C30H37N3O6S/c1-21(2)31-30(35)23(4)32(19-24-12-8-7-11-22(24)3)29(34)20-33(27-13-9-10-14-28(27)39-6)40(36,37)26-17-15-25(38-5)16-18-26/h7-18,21,23H,19-20H2,1-6H3,(H,31,35)/t23-/m0/s1. The zero-order valence-corrected chi connectivity index (χ0v) is 24.6. The topological polar surface area (TPSA) is 105 Å². The van der Waals surface area contributed by atoms with Crippen molar-refractivity contribution in [1.82, 2.24) is 10.2 Å². The van der Waals surface area contributed by atoms with E-state index < -0.39 is 28.5 Å². The summed E-state index contributed by atoms with van der Waals surface area (Å²) in [4.78, 5) is 28.5. The van der Waals surface area contributed by atoms with Crippen LogP contribution in [-0.2, 0) is 26.2 Å². The Balaban J connectivity index is 2.08. The number of rotatable bonds is 12. The third kappa shape index (κ3) is 7.12. The summed E-state index contributed by atoms with van der Waals surface area (Å²) in [5, 5.41) is 2.85. The second-order valence-corrected chi connectivity index (χ2v) is 11.5. The summed E-state index contributed by atoms with van der Waals surface area (Å²) in [6, 6.07) is 19.1. The van der Waals surface area contributed by atoms with E-state index in [1.54, 1.807) is 31.2 Å². The molecule has 3 aromatic carbocycles. The molecule has 10 heteroatoms. The molecule has 0 radical (unpaired) electrons. The maximum Gasteiger partial charge on any atom is 0.264 e. The van der Waals surface area contributed by atoms with Gasteiger partial charge in [-0.15, -0.1) is 0 Å². The van der Waals surface area contributed by atoms with Gasteiger partial charge in [-0.25, -0.2) is 8.42 Å². The van der Waals surface area contributed by atoms with Gasteiger partial charge in [0, 0.05) is 12.6 Å². The Morgan fingerprint density at radius 3 is 2.10 bits per heavy atom. The Kier molecular flexibility index (Phi) is 10.2. The van der Waals surface area contributed by atoms with Crippen LogP contribution in [-0.4, -0.2) is 58.0 Å². The fourth-order valence-corrected chi connectivity index (χ4v) is 5.61. The van der Waals surface area contributed by atoms with E-state index >= 15 is 0 Å². The minimum absolute atomic E-state index is 0.0249. The van der Waals surface area contributed by atoms with Gasteiger partial charge in [-0.1, -0.05) is 36.4 Å². The minimum Gasteiger partial charge on any atom is -0.497 e. The Hall–Kier alpha value is -4.05. The summed E-state index contributed by atoms with van der Waals surface area (Å²) in [6.45, 7) is 6.80. The van der Waals surface area contributed by atoms with Crippen LogP contribution in [0.2, 0.25) is 0 Å². The lowest BCUT2D eigenvalue weighted by Crippen LogP contribution is -2.52.